The predicted molar refractivity (Wildman–Crippen MR) is 88.1 cm³/mol. The van der Waals surface area contributed by atoms with Crippen molar-refractivity contribution in [2.45, 2.75) is 33.6 Å². The molecule has 0 unspecified atom stereocenters. The van der Waals surface area contributed by atoms with Gasteiger partial charge < -0.3 is 14.2 Å². The van der Waals surface area contributed by atoms with Gasteiger partial charge in [-0.05, 0) is 43.5 Å². The standard InChI is InChI=1S/C18H25NO3/c1-4-9-21-17-8-7-15(12-18(17)22-10-5-2)11-16(13-19)14-20-6-3/h7-8,11-12H,4-6,9-10,14H2,1-3H3. The fourth-order valence-electron chi connectivity index (χ4n) is 1.79. The summed E-state index contributed by atoms with van der Waals surface area (Å²) in [6, 6.07) is 7.88. The van der Waals surface area contributed by atoms with Gasteiger partial charge in [-0.15, -0.1) is 0 Å². The van der Waals surface area contributed by atoms with E-state index in [1.54, 1.807) is 0 Å². The van der Waals surface area contributed by atoms with E-state index >= 15 is 0 Å². The molecule has 0 aliphatic rings. The van der Waals surface area contributed by atoms with Crippen molar-refractivity contribution in [2.24, 2.45) is 0 Å². The van der Waals surface area contributed by atoms with Gasteiger partial charge in [0.25, 0.3) is 0 Å². The molecule has 0 atom stereocenters. The van der Waals surface area contributed by atoms with E-state index in [4.69, 9.17) is 19.5 Å². The van der Waals surface area contributed by atoms with Crippen molar-refractivity contribution >= 4 is 6.08 Å². The highest BCUT2D eigenvalue weighted by Crippen LogP contribution is 2.29. The third-order valence-electron chi connectivity index (χ3n) is 2.84. The van der Waals surface area contributed by atoms with Gasteiger partial charge in [0.15, 0.2) is 11.5 Å². The minimum absolute atomic E-state index is 0.326. The van der Waals surface area contributed by atoms with Crippen LogP contribution in [0.3, 0.4) is 0 Å². The van der Waals surface area contributed by atoms with Crippen molar-refractivity contribution in [3.63, 3.8) is 0 Å². The molecule has 0 radical (unpaired) electrons. The minimum atomic E-state index is 0.326. The molecule has 4 heteroatoms. The predicted octanol–water partition coefficient (Wildman–Crippen LogP) is 4.21. The number of nitrogens with zero attached hydrogens (tertiary/aromatic N) is 1. The summed E-state index contributed by atoms with van der Waals surface area (Å²) in [6.45, 7) is 8.25. The Hall–Kier alpha value is -1.99. The molecule has 0 aliphatic carbocycles. The highest BCUT2D eigenvalue weighted by molar-refractivity contribution is 5.61. The van der Waals surface area contributed by atoms with Gasteiger partial charge >= 0.3 is 0 Å². The summed E-state index contributed by atoms with van der Waals surface area (Å²) in [6.07, 6.45) is 3.70. The van der Waals surface area contributed by atoms with Gasteiger partial charge in [0.1, 0.15) is 0 Å². The molecule has 1 aromatic carbocycles. The molecule has 0 spiro atoms. The minimum Gasteiger partial charge on any atom is -0.490 e. The number of benzene rings is 1. The molecule has 1 rings (SSSR count). The fraction of sp³-hybridized carbons (Fsp3) is 0.500. The SMILES string of the molecule is CCCOc1ccc(C=C(C#N)COCC)cc1OCCC. The zero-order valence-electron chi connectivity index (χ0n) is 13.7. The number of nitriles is 1. The molecule has 0 aromatic heterocycles. The lowest BCUT2D eigenvalue weighted by atomic mass is 10.1. The number of rotatable bonds is 10. The van der Waals surface area contributed by atoms with Crippen LogP contribution in [0.25, 0.3) is 6.08 Å². The first kappa shape index (κ1) is 18.1. The molecular weight excluding hydrogens is 278 g/mol. The first-order valence-electron chi connectivity index (χ1n) is 7.83. The maximum Gasteiger partial charge on any atom is 0.161 e. The Labute approximate surface area is 133 Å². The first-order chi connectivity index (χ1) is 10.7. The van der Waals surface area contributed by atoms with Crippen LogP contribution in [0.1, 0.15) is 39.2 Å². The van der Waals surface area contributed by atoms with Crippen molar-refractivity contribution in [1.82, 2.24) is 0 Å². The third-order valence-corrected chi connectivity index (χ3v) is 2.84. The van der Waals surface area contributed by atoms with Gasteiger partial charge in [0.05, 0.1) is 31.5 Å². The molecule has 1 aromatic rings. The van der Waals surface area contributed by atoms with Gasteiger partial charge in [0.2, 0.25) is 0 Å². The second kappa shape index (κ2) is 10.7. The first-order valence-corrected chi connectivity index (χ1v) is 7.83. The topological polar surface area (TPSA) is 51.5 Å². The highest BCUT2D eigenvalue weighted by Gasteiger charge is 2.07. The molecule has 0 amide bonds. The second-order valence-electron chi connectivity index (χ2n) is 4.82. The van der Waals surface area contributed by atoms with E-state index in [1.165, 1.54) is 0 Å². The molecule has 0 heterocycles. The van der Waals surface area contributed by atoms with Crippen molar-refractivity contribution < 1.29 is 14.2 Å². The van der Waals surface area contributed by atoms with Crippen LogP contribution in [-0.4, -0.2) is 26.4 Å². The van der Waals surface area contributed by atoms with Crippen LogP contribution in [0.2, 0.25) is 0 Å². The molecule has 0 saturated carbocycles. The molecule has 4 nitrogen and oxygen atoms in total. The number of hydrogen-bond donors (Lipinski definition) is 0. The smallest absolute Gasteiger partial charge is 0.161 e. The lowest BCUT2D eigenvalue weighted by molar-refractivity contribution is 0.174. The maximum absolute atomic E-state index is 9.14. The largest absolute Gasteiger partial charge is 0.490 e. The number of hydrogen-bond acceptors (Lipinski definition) is 4. The summed E-state index contributed by atoms with van der Waals surface area (Å²) >= 11 is 0. The van der Waals surface area contributed by atoms with Crippen LogP contribution in [0, 0.1) is 11.3 Å². The Bertz CT molecular complexity index is 518. The molecule has 0 fully saturated rings. The average molecular weight is 303 g/mol. The molecule has 0 bridgehead atoms. The van der Waals surface area contributed by atoms with Gasteiger partial charge in [-0.25, -0.2) is 0 Å². The van der Waals surface area contributed by atoms with Crippen LogP contribution in [0.4, 0.5) is 0 Å². The van der Waals surface area contributed by atoms with Gasteiger partial charge in [-0.1, -0.05) is 19.9 Å². The lowest BCUT2D eigenvalue weighted by Gasteiger charge is -2.13. The van der Waals surface area contributed by atoms with E-state index < -0.39 is 0 Å². The van der Waals surface area contributed by atoms with E-state index in [-0.39, 0.29) is 0 Å². The quantitative estimate of drug-likeness (QED) is 0.608. The van der Waals surface area contributed by atoms with Crippen LogP contribution < -0.4 is 9.47 Å². The Kier molecular flexibility index (Phi) is 8.78. The van der Waals surface area contributed by atoms with E-state index in [0.717, 1.165) is 29.9 Å². The van der Waals surface area contributed by atoms with Crippen LogP contribution in [-0.2, 0) is 4.74 Å². The number of ether oxygens (including phenoxy) is 3. The molecule has 0 saturated heterocycles. The summed E-state index contributed by atoms with van der Waals surface area (Å²) in [5.74, 6) is 1.47. The van der Waals surface area contributed by atoms with E-state index in [2.05, 4.69) is 19.9 Å². The van der Waals surface area contributed by atoms with Crippen LogP contribution in [0.15, 0.2) is 23.8 Å². The Morgan fingerprint density at radius 1 is 1.09 bits per heavy atom. The Balaban J connectivity index is 2.96. The third kappa shape index (κ3) is 6.19. The zero-order chi connectivity index (χ0) is 16.2. The van der Waals surface area contributed by atoms with Crippen molar-refractivity contribution in [1.29, 1.82) is 5.26 Å². The van der Waals surface area contributed by atoms with Gasteiger partial charge in [0, 0.05) is 6.61 Å². The molecule has 0 N–H and O–H groups in total. The van der Waals surface area contributed by atoms with Crippen LogP contribution >= 0.6 is 0 Å². The van der Waals surface area contributed by atoms with Crippen LogP contribution in [0.5, 0.6) is 11.5 Å². The maximum atomic E-state index is 9.14. The van der Waals surface area contributed by atoms with Crippen molar-refractivity contribution in [2.75, 3.05) is 26.4 Å². The summed E-state index contributed by atoms with van der Waals surface area (Å²) in [7, 11) is 0. The summed E-state index contributed by atoms with van der Waals surface area (Å²) in [5.41, 5.74) is 1.50. The second-order valence-corrected chi connectivity index (χ2v) is 4.82. The summed E-state index contributed by atoms with van der Waals surface area (Å²) < 4.78 is 16.7. The van der Waals surface area contributed by atoms with Crippen molar-refractivity contribution in [3.05, 3.63) is 29.3 Å². The Morgan fingerprint density at radius 2 is 1.77 bits per heavy atom. The molecule has 120 valence electrons. The Morgan fingerprint density at radius 3 is 2.36 bits per heavy atom. The van der Waals surface area contributed by atoms with Crippen molar-refractivity contribution in [3.8, 4) is 17.6 Å². The average Bonchev–Trinajstić information content (AvgIpc) is 2.55. The molecule has 22 heavy (non-hydrogen) atoms. The zero-order valence-corrected chi connectivity index (χ0v) is 13.7. The highest BCUT2D eigenvalue weighted by atomic mass is 16.5. The van der Waals surface area contributed by atoms with Gasteiger partial charge in [-0.3, -0.25) is 0 Å². The lowest BCUT2D eigenvalue weighted by Crippen LogP contribution is -2.01. The normalized spacial score (nSPS) is 11.1. The van der Waals surface area contributed by atoms with E-state index in [9.17, 15) is 0 Å². The van der Waals surface area contributed by atoms with E-state index in [0.29, 0.717) is 32.0 Å². The van der Waals surface area contributed by atoms with E-state index in [1.807, 2.05) is 31.2 Å². The molecule has 0 aliphatic heterocycles. The fourth-order valence-corrected chi connectivity index (χ4v) is 1.79. The summed E-state index contributed by atoms with van der Waals surface area (Å²) in [4.78, 5) is 0. The molecular formula is C18H25NO3. The summed E-state index contributed by atoms with van der Waals surface area (Å²) in [5, 5.41) is 9.14. The monoisotopic (exact) mass is 303 g/mol. The van der Waals surface area contributed by atoms with Gasteiger partial charge in [-0.2, -0.15) is 5.26 Å².